The minimum atomic E-state index is -0.287. The van der Waals surface area contributed by atoms with Crippen molar-refractivity contribution in [3.05, 3.63) is 52.4 Å². The smallest absolute Gasteiger partial charge is 0.273 e. The van der Waals surface area contributed by atoms with Crippen molar-refractivity contribution in [3.63, 3.8) is 0 Å². The molecular formula is C20H26N6O2. The van der Waals surface area contributed by atoms with Gasteiger partial charge in [0.05, 0.1) is 18.4 Å². The summed E-state index contributed by atoms with van der Waals surface area (Å²) in [7, 11) is 0. The van der Waals surface area contributed by atoms with Gasteiger partial charge in [-0.05, 0) is 42.6 Å². The lowest BCUT2D eigenvalue weighted by atomic mass is 9.94. The molecule has 3 heterocycles. The third-order valence-corrected chi connectivity index (χ3v) is 4.67. The number of aliphatic hydroxyl groups is 1. The largest absolute Gasteiger partial charge is 0.390 e. The fourth-order valence-corrected chi connectivity index (χ4v) is 3.44. The highest BCUT2D eigenvalue weighted by molar-refractivity contribution is 6.32. The van der Waals surface area contributed by atoms with Crippen molar-refractivity contribution in [2.45, 2.75) is 39.7 Å². The lowest BCUT2D eigenvalue weighted by Crippen LogP contribution is -2.17. The molecule has 2 aromatic rings. The third-order valence-electron chi connectivity index (χ3n) is 4.67. The van der Waals surface area contributed by atoms with Crippen LogP contribution in [0.3, 0.4) is 0 Å². The highest BCUT2D eigenvalue weighted by Gasteiger charge is 2.27. The van der Waals surface area contributed by atoms with Crippen LogP contribution in [0.15, 0.2) is 29.3 Å². The molecule has 8 nitrogen and oxygen atoms in total. The molecule has 148 valence electrons. The van der Waals surface area contributed by atoms with E-state index in [2.05, 4.69) is 51.6 Å². The molecule has 0 aliphatic carbocycles. The molecule has 0 saturated carbocycles. The van der Waals surface area contributed by atoms with Crippen LogP contribution in [0.5, 0.6) is 0 Å². The average Bonchev–Trinajstić information content (AvgIpc) is 3.23. The number of nitrogens with zero attached hydrogens (tertiary/aromatic N) is 3. The summed E-state index contributed by atoms with van der Waals surface area (Å²) in [4.78, 5) is 24.0. The Morgan fingerprint density at radius 3 is 2.79 bits per heavy atom. The molecule has 0 aromatic carbocycles. The van der Waals surface area contributed by atoms with Gasteiger partial charge in [0.1, 0.15) is 11.4 Å². The predicted molar refractivity (Wildman–Crippen MR) is 108 cm³/mol. The minimum Gasteiger partial charge on any atom is -0.390 e. The molecule has 3 rings (SSSR count). The number of hydrazone groups is 1. The molecule has 1 aliphatic heterocycles. The highest BCUT2D eigenvalue weighted by atomic mass is 16.3. The molecule has 4 N–H and O–H groups in total. The first kappa shape index (κ1) is 19.9. The Bertz CT molecular complexity index is 899. The third kappa shape index (κ3) is 4.02. The number of hydrogen-bond donors (Lipinski definition) is 4. The van der Waals surface area contributed by atoms with Crippen LogP contribution < -0.4 is 10.7 Å². The van der Waals surface area contributed by atoms with Crippen LogP contribution in [0.1, 0.15) is 54.9 Å². The molecule has 8 heteroatoms. The number of aromatic nitrogens is 3. The second kappa shape index (κ2) is 8.90. The van der Waals surface area contributed by atoms with Crippen LogP contribution in [0.4, 0.5) is 0 Å². The molecule has 2 aromatic heterocycles. The SMILES string of the molecule is CCNCCc1c(CO)[nH]c(C=C2C(=O)NN=C2c2cnccn2)c1C(C)C. The molecule has 0 atom stereocenters. The fourth-order valence-electron chi connectivity index (χ4n) is 3.44. The first-order valence-corrected chi connectivity index (χ1v) is 9.48. The van der Waals surface area contributed by atoms with Crippen molar-refractivity contribution in [1.29, 1.82) is 0 Å². The van der Waals surface area contributed by atoms with Gasteiger partial charge in [-0.3, -0.25) is 14.8 Å². The zero-order chi connectivity index (χ0) is 20.1. The van der Waals surface area contributed by atoms with Gasteiger partial charge < -0.3 is 15.4 Å². The van der Waals surface area contributed by atoms with Gasteiger partial charge in [-0.25, -0.2) is 5.43 Å². The number of carbonyl (C=O) groups excluding carboxylic acids is 1. The maximum absolute atomic E-state index is 12.4. The molecule has 0 saturated heterocycles. The molecule has 0 unspecified atom stereocenters. The van der Waals surface area contributed by atoms with Gasteiger partial charge in [-0.2, -0.15) is 5.10 Å². The number of aliphatic hydroxyl groups excluding tert-OH is 1. The summed E-state index contributed by atoms with van der Waals surface area (Å²) in [6, 6.07) is 0. The molecule has 0 bridgehead atoms. The number of likely N-dealkylation sites (N-methyl/N-ethyl adjacent to an activating group) is 1. The summed E-state index contributed by atoms with van der Waals surface area (Å²) in [5.41, 5.74) is 7.71. The molecule has 1 amide bonds. The van der Waals surface area contributed by atoms with Crippen molar-refractivity contribution >= 4 is 17.7 Å². The van der Waals surface area contributed by atoms with E-state index in [9.17, 15) is 9.90 Å². The monoisotopic (exact) mass is 382 g/mol. The second-order valence-electron chi connectivity index (χ2n) is 6.88. The molecule has 0 fully saturated rings. The van der Waals surface area contributed by atoms with Crippen molar-refractivity contribution in [2.75, 3.05) is 13.1 Å². The Morgan fingerprint density at radius 1 is 1.32 bits per heavy atom. The van der Waals surface area contributed by atoms with E-state index in [-0.39, 0.29) is 18.4 Å². The van der Waals surface area contributed by atoms with Gasteiger partial charge in [0, 0.05) is 23.8 Å². The van der Waals surface area contributed by atoms with E-state index in [0.717, 1.165) is 42.0 Å². The second-order valence-corrected chi connectivity index (χ2v) is 6.88. The first-order chi connectivity index (χ1) is 13.6. The maximum Gasteiger partial charge on any atom is 0.273 e. The molecule has 28 heavy (non-hydrogen) atoms. The quantitative estimate of drug-likeness (QED) is 0.408. The number of carbonyl (C=O) groups is 1. The Kier molecular flexibility index (Phi) is 6.33. The van der Waals surface area contributed by atoms with Gasteiger partial charge in [-0.1, -0.05) is 20.8 Å². The lowest BCUT2D eigenvalue weighted by Gasteiger charge is -2.11. The molecular weight excluding hydrogens is 356 g/mol. The van der Waals surface area contributed by atoms with Crippen molar-refractivity contribution in [3.8, 4) is 0 Å². The Hall–Kier alpha value is -2.84. The number of hydrogen-bond acceptors (Lipinski definition) is 6. The number of amides is 1. The van der Waals surface area contributed by atoms with Gasteiger partial charge in [0.25, 0.3) is 5.91 Å². The van der Waals surface area contributed by atoms with Crippen LogP contribution in [0, 0.1) is 0 Å². The van der Waals surface area contributed by atoms with Gasteiger partial charge in [0.15, 0.2) is 0 Å². The minimum absolute atomic E-state index is 0.0817. The zero-order valence-corrected chi connectivity index (χ0v) is 16.4. The van der Waals surface area contributed by atoms with E-state index in [1.165, 1.54) is 0 Å². The van der Waals surface area contributed by atoms with E-state index < -0.39 is 0 Å². The first-order valence-electron chi connectivity index (χ1n) is 9.48. The normalized spacial score (nSPS) is 15.4. The summed E-state index contributed by atoms with van der Waals surface area (Å²) in [5, 5.41) is 17.3. The van der Waals surface area contributed by atoms with E-state index in [0.29, 0.717) is 17.0 Å². The molecule has 0 spiro atoms. The standard InChI is InChI=1S/C20H26N6O2/c1-4-21-6-5-13-17(11-27)24-15(18(13)12(2)3)9-14-19(25-26-20(14)28)16-10-22-7-8-23-16/h7-10,12,21,24,27H,4-6,11H2,1-3H3,(H,26,28). The lowest BCUT2D eigenvalue weighted by molar-refractivity contribution is -0.116. The summed E-state index contributed by atoms with van der Waals surface area (Å²) in [6.45, 7) is 7.91. The summed E-state index contributed by atoms with van der Waals surface area (Å²) >= 11 is 0. The molecule has 1 aliphatic rings. The maximum atomic E-state index is 12.4. The number of H-pyrrole nitrogens is 1. The predicted octanol–water partition coefficient (Wildman–Crippen LogP) is 1.49. The van der Waals surface area contributed by atoms with Crippen LogP contribution in [0.25, 0.3) is 6.08 Å². The zero-order valence-electron chi connectivity index (χ0n) is 16.4. The van der Waals surface area contributed by atoms with E-state index in [4.69, 9.17) is 0 Å². The van der Waals surface area contributed by atoms with Gasteiger partial charge >= 0.3 is 0 Å². The number of aromatic amines is 1. The van der Waals surface area contributed by atoms with Crippen LogP contribution >= 0.6 is 0 Å². The highest BCUT2D eigenvalue weighted by Crippen LogP contribution is 2.30. The summed E-state index contributed by atoms with van der Waals surface area (Å²) < 4.78 is 0. The number of nitrogens with one attached hydrogen (secondary N) is 3. The Labute approximate surface area is 164 Å². The topological polar surface area (TPSA) is 115 Å². The van der Waals surface area contributed by atoms with E-state index in [1.807, 2.05) is 0 Å². The van der Waals surface area contributed by atoms with Crippen LogP contribution in [-0.4, -0.2) is 44.8 Å². The van der Waals surface area contributed by atoms with Crippen LogP contribution in [-0.2, 0) is 17.8 Å². The van der Waals surface area contributed by atoms with Crippen molar-refractivity contribution in [1.82, 2.24) is 25.7 Å². The fraction of sp³-hybridized carbons (Fsp3) is 0.400. The van der Waals surface area contributed by atoms with Crippen molar-refractivity contribution in [2.24, 2.45) is 5.10 Å². The summed E-state index contributed by atoms with van der Waals surface area (Å²) in [5.74, 6) is -0.0638. The van der Waals surface area contributed by atoms with E-state index in [1.54, 1.807) is 24.7 Å². The Morgan fingerprint density at radius 2 is 2.14 bits per heavy atom. The average molecular weight is 382 g/mol. The van der Waals surface area contributed by atoms with Gasteiger partial charge in [0.2, 0.25) is 0 Å². The Balaban J connectivity index is 2.04. The van der Waals surface area contributed by atoms with E-state index >= 15 is 0 Å². The summed E-state index contributed by atoms with van der Waals surface area (Å²) in [6.07, 6.45) is 7.31. The van der Waals surface area contributed by atoms with Gasteiger partial charge in [-0.15, -0.1) is 0 Å². The molecule has 0 radical (unpaired) electrons. The van der Waals surface area contributed by atoms with Crippen LogP contribution in [0.2, 0.25) is 0 Å². The van der Waals surface area contributed by atoms with Crippen molar-refractivity contribution < 1.29 is 9.90 Å². The number of rotatable bonds is 8.